The predicted molar refractivity (Wildman–Crippen MR) is 98.7 cm³/mol. The topological polar surface area (TPSA) is 79.2 Å². The van der Waals surface area contributed by atoms with Gasteiger partial charge in [-0.2, -0.15) is 5.10 Å². The van der Waals surface area contributed by atoms with Crippen LogP contribution < -0.4 is 10.6 Å². The molecule has 1 heterocycles. The lowest BCUT2D eigenvalue weighted by Crippen LogP contribution is -2.38. The zero-order valence-corrected chi connectivity index (χ0v) is 15.7. The predicted octanol–water partition coefficient (Wildman–Crippen LogP) is 2.23. The van der Waals surface area contributed by atoms with Crippen molar-refractivity contribution in [1.29, 1.82) is 0 Å². The molecule has 2 rings (SSSR count). The standard InChI is InChI=1S/C19H28N4O2/c1-12-8-13(2)10-16(9-12)18(24)11-21-19(25)20-7-6-17-14(3)22-23(5)15(17)4/h8-10,18,24H,6-7,11H2,1-5H3,(H2,20,21,25). The van der Waals surface area contributed by atoms with E-state index in [2.05, 4.69) is 21.8 Å². The Labute approximate surface area is 149 Å². The van der Waals surface area contributed by atoms with Crippen LogP contribution >= 0.6 is 0 Å². The van der Waals surface area contributed by atoms with Crippen molar-refractivity contribution in [3.63, 3.8) is 0 Å². The van der Waals surface area contributed by atoms with Crippen molar-refractivity contribution in [1.82, 2.24) is 20.4 Å². The van der Waals surface area contributed by atoms with E-state index in [1.54, 1.807) is 0 Å². The average molecular weight is 344 g/mol. The van der Waals surface area contributed by atoms with E-state index >= 15 is 0 Å². The first kappa shape index (κ1) is 19.0. The van der Waals surface area contributed by atoms with E-state index in [0.717, 1.165) is 40.1 Å². The highest BCUT2D eigenvalue weighted by Crippen LogP contribution is 2.16. The van der Waals surface area contributed by atoms with Crippen molar-refractivity contribution >= 4 is 6.03 Å². The summed E-state index contributed by atoms with van der Waals surface area (Å²) in [6.07, 6.45) is 0.0191. The SMILES string of the molecule is Cc1cc(C)cc(C(O)CNC(=O)NCCc2c(C)nn(C)c2C)c1. The van der Waals surface area contributed by atoms with E-state index in [1.807, 2.05) is 51.6 Å². The lowest BCUT2D eigenvalue weighted by molar-refractivity contribution is 0.173. The second-order valence-electron chi connectivity index (χ2n) is 6.60. The Hall–Kier alpha value is -2.34. The number of benzene rings is 1. The maximum atomic E-state index is 11.9. The van der Waals surface area contributed by atoms with Crippen molar-refractivity contribution < 1.29 is 9.90 Å². The molecule has 3 N–H and O–H groups in total. The Morgan fingerprint density at radius 1 is 1.16 bits per heavy atom. The van der Waals surface area contributed by atoms with Crippen LogP contribution in [-0.4, -0.2) is 34.0 Å². The number of urea groups is 1. The largest absolute Gasteiger partial charge is 0.387 e. The molecule has 0 bridgehead atoms. The van der Waals surface area contributed by atoms with Gasteiger partial charge in [0.25, 0.3) is 0 Å². The Morgan fingerprint density at radius 2 is 1.80 bits per heavy atom. The van der Waals surface area contributed by atoms with Gasteiger partial charge in [0.05, 0.1) is 11.8 Å². The van der Waals surface area contributed by atoms with Crippen LogP contribution in [0.4, 0.5) is 4.79 Å². The van der Waals surface area contributed by atoms with Gasteiger partial charge in [-0.3, -0.25) is 4.68 Å². The monoisotopic (exact) mass is 344 g/mol. The van der Waals surface area contributed by atoms with Crippen molar-refractivity contribution in [3.8, 4) is 0 Å². The lowest BCUT2D eigenvalue weighted by Gasteiger charge is -2.14. The average Bonchev–Trinajstić information content (AvgIpc) is 2.77. The van der Waals surface area contributed by atoms with E-state index in [4.69, 9.17) is 0 Å². The van der Waals surface area contributed by atoms with Gasteiger partial charge in [-0.15, -0.1) is 0 Å². The highest BCUT2D eigenvalue weighted by atomic mass is 16.3. The Bertz CT molecular complexity index is 732. The number of aliphatic hydroxyl groups is 1. The van der Waals surface area contributed by atoms with Crippen LogP contribution in [0.3, 0.4) is 0 Å². The Balaban J connectivity index is 1.78. The third kappa shape index (κ3) is 5.06. The van der Waals surface area contributed by atoms with Crippen LogP contribution in [-0.2, 0) is 13.5 Å². The summed E-state index contributed by atoms with van der Waals surface area (Å²) in [6, 6.07) is 5.65. The van der Waals surface area contributed by atoms with E-state index < -0.39 is 6.10 Å². The number of nitrogens with zero attached hydrogens (tertiary/aromatic N) is 2. The molecule has 1 atom stereocenters. The molecule has 1 unspecified atom stereocenters. The summed E-state index contributed by atoms with van der Waals surface area (Å²) in [5.74, 6) is 0. The molecule has 0 saturated heterocycles. The molecule has 0 aliphatic heterocycles. The zero-order valence-electron chi connectivity index (χ0n) is 15.7. The van der Waals surface area contributed by atoms with Crippen molar-refractivity contribution in [2.45, 2.75) is 40.2 Å². The Kier molecular flexibility index (Phi) is 6.20. The van der Waals surface area contributed by atoms with Crippen LogP contribution in [0, 0.1) is 27.7 Å². The van der Waals surface area contributed by atoms with Crippen LogP contribution in [0.15, 0.2) is 18.2 Å². The fourth-order valence-corrected chi connectivity index (χ4v) is 3.05. The summed E-state index contributed by atoms with van der Waals surface area (Å²) < 4.78 is 1.85. The van der Waals surface area contributed by atoms with Gasteiger partial charge in [0.15, 0.2) is 0 Å². The van der Waals surface area contributed by atoms with Gasteiger partial charge in [-0.1, -0.05) is 29.3 Å². The maximum absolute atomic E-state index is 11.9. The molecule has 0 aliphatic carbocycles. The molecule has 0 aliphatic rings. The summed E-state index contributed by atoms with van der Waals surface area (Å²) in [4.78, 5) is 11.9. The van der Waals surface area contributed by atoms with Crippen molar-refractivity contribution in [2.75, 3.05) is 13.1 Å². The highest BCUT2D eigenvalue weighted by molar-refractivity contribution is 5.73. The van der Waals surface area contributed by atoms with Crippen molar-refractivity contribution in [2.24, 2.45) is 7.05 Å². The molecular formula is C19H28N4O2. The van der Waals surface area contributed by atoms with Gasteiger partial charge in [0.1, 0.15) is 0 Å². The van der Waals surface area contributed by atoms with E-state index in [9.17, 15) is 9.90 Å². The molecule has 6 heteroatoms. The van der Waals surface area contributed by atoms with Gasteiger partial charge < -0.3 is 15.7 Å². The fraction of sp³-hybridized carbons (Fsp3) is 0.474. The molecule has 0 fully saturated rings. The van der Waals surface area contributed by atoms with Crippen LogP contribution in [0.25, 0.3) is 0 Å². The number of aromatic nitrogens is 2. The number of aryl methyl sites for hydroxylation is 4. The fourth-order valence-electron chi connectivity index (χ4n) is 3.05. The van der Waals surface area contributed by atoms with Crippen molar-refractivity contribution in [3.05, 3.63) is 51.8 Å². The number of carbonyl (C=O) groups is 1. The number of carbonyl (C=O) groups excluding carboxylic acids is 1. The molecular weight excluding hydrogens is 316 g/mol. The Morgan fingerprint density at radius 3 is 2.36 bits per heavy atom. The molecule has 0 saturated carbocycles. The first-order chi connectivity index (χ1) is 11.8. The van der Waals surface area contributed by atoms with Gasteiger partial charge in [0.2, 0.25) is 0 Å². The smallest absolute Gasteiger partial charge is 0.314 e. The molecule has 1 aromatic carbocycles. The quantitative estimate of drug-likeness (QED) is 0.752. The molecule has 2 aromatic rings. The third-order valence-electron chi connectivity index (χ3n) is 4.40. The summed E-state index contributed by atoms with van der Waals surface area (Å²) in [5, 5.41) is 20.2. The minimum absolute atomic E-state index is 0.180. The molecule has 0 radical (unpaired) electrons. The second kappa shape index (κ2) is 8.16. The number of aliphatic hydroxyl groups excluding tert-OH is 1. The maximum Gasteiger partial charge on any atom is 0.314 e. The molecule has 1 aromatic heterocycles. The zero-order chi connectivity index (χ0) is 18.6. The van der Waals surface area contributed by atoms with E-state index in [1.165, 1.54) is 0 Å². The van der Waals surface area contributed by atoms with Gasteiger partial charge >= 0.3 is 6.03 Å². The van der Waals surface area contributed by atoms with Crippen LogP contribution in [0.1, 0.15) is 39.7 Å². The minimum Gasteiger partial charge on any atom is -0.387 e. The minimum atomic E-state index is -0.716. The molecule has 6 nitrogen and oxygen atoms in total. The van der Waals surface area contributed by atoms with Crippen LogP contribution in [0.2, 0.25) is 0 Å². The number of nitrogens with one attached hydrogen (secondary N) is 2. The van der Waals surface area contributed by atoms with Gasteiger partial charge in [-0.25, -0.2) is 4.79 Å². The normalized spacial score (nSPS) is 12.1. The number of rotatable bonds is 6. The van der Waals surface area contributed by atoms with E-state index in [0.29, 0.717) is 6.54 Å². The summed E-state index contributed by atoms with van der Waals surface area (Å²) >= 11 is 0. The highest BCUT2D eigenvalue weighted by Gasteiger charge is 2.12. The summed E-state index contributed by atoms with van der Waals surface area (Å²) in [6.45, 7) is 8.69. The van der Waals surface area contributed by atoms with Gasteiger partial charge in [-0.05, 0) is 45.2 Å². The first-order valence-corrected chi connectivity index (χ1v) is 8.55. The summed E-state index contributed by atoms with van der Waals surface area (Å²) in [7, 11) is 1.92. The molecule has 136 valence electrons. The lowest BCUT2D eigenvalue weighted by atomic mass is 10.0. The number of hydrogen-bond acceptors (Lipinski definition) is 3. The number of hydrogen-bond donors (Lipinski definition) is 3. The summed E-state index contributed by atoms with van der Waals surface area (Å²) in [5.41, 5.74) is 6.29. The van der Waals surface area contributed by atoms with Gasteiger partial charge in [0, 0.05) is 25.8 Å². The third-order valence-corrected chi connectivity index (χ3v) is 4.40. The molecule has 25 heavy (non-hydrogen) atoms. The molecule has 2 amide bonds. The first-order valence-electron chi connectivity index (χ1n) is 8.55. The number of amides is 2. The molecule has 0 spiro atoms. The second-order valence-corrected chi connectivity index (χ2v) is 6.60. The van der Waals surface area contributed by atoms with E-state index in [-0.39, 0.29) is 12.6 Å². The van der Waals surface area contributed by atoms with Crippen LogP contribution in [0.5, 0.6) is 0 Å².